The maximum atomic E-state index is 14.2. The highest BCUT2D eigenvalue weighted by atomic mass is 19.1. The van der Waals surface area contributed by atoms with E-state index in [2.05, 4.69) is 0 Å². The molecule has 4 atom stereocenters. The van der Waals surface area contributed by atoms with Crippen molar-refractivity contribution in [3.8, 4) is 0 Å². The first-order chi connectivity index (χ1) is 7.11. The van der Waals surface area contributed by atoms with Crippen molar-refractivity contribution in [2.45, 2.75) is 51.2 Å². The molecule has 2 fully saturated rings. The van der Waals surface area contributed by atoms with Gasteiger partial charge in [-0.15, -0.1) is 0 Å². The lowest BCUT2D eigenvalue weighted by Gasteiger charge is -2.14. The molecular weight excluding hydrogens is 203 g/mol. The molecule has 0 saturated carbocycles. The minimum absolute atomic E-state index is 0.420. The Kier molecular flexibility index (Phi) is 2.98. The smallest absolute Gasteiger partial charge is 0.187 e. The molecule has 0 amide bonds. The van der Waals surface area contributed by atoms with Crippen LogP contribution >= 0.6 is 0 Å². The van der Waals surface area contributed by atoms with Crippen LogP contribution in [0.5, 0.6) is 0 Å². The normalized spacial score (nSPS) is 42.4. The molecule has 5 heteroatoms. The Morgan fingerprint density at radius 3 is 1.80 bits per heavy atom. The molecule has 2 heterocycles. The second kappa shape index (κ2) is 3.97. The Balaban J connectivity index is 1.82. The van der Waals surface area contributed by atoms with Crippen molar-refractivity contribution in [2.24, 2.45) is 0 Å². The maximum Gasteiger partial charge on any atom is 0.187 e. The first-order valence-corrected chi connectivity index (χ1v) is 5.34. The molecular formula is C10H17FO4. The predicted octanol–water partition coefficient (Wildman–Crippen LogP) is 1.24. The molecule has 15 heavy (non-hydrogen) atoms. The van der Waals surface area contributed by atoms with Gasteiger partial charge in [0.1, 0.15) is 12.2 Å². The van der Waals surface area contributed by atoms with Crippen LogP contribution in [-0.4, -0.2) is 43.7 Å². The topological polar surface area (TPSA) is 43.5 Å². The van der Waals surface area contributed by atoms with Gasteiger partial charge in [0.2, 0.25) is 0 Å². The van der Waals surface area contributed by atoms with E-state index < -0.39 is 30.5 Å². The van der Waals surface area contributed by atoms with Crippen LogP contribution in [-0.2, 0) is 18.9 Å². The molecule has 4 nitrogen and oxygen atoms in total. The van der Waals surface area contributed by atoms with Crippen LogP contribution in [0.3, 0.4) is 0 Å². The monoisotopic (exact) mass is 220 g/mol. The van der Waals surface area contributed by atoms with Gasteiger partial charge in [-0.3, -0.25) is 0 Å². The zero-order valence-corrected chi connectivity index (χ0v) is 9.23. The standard InChI is InChI=1S/C10H17FO4/c1-4-12-8-6(14-8)10(3,11)7-9(15-7)13-5-2/h6-9H,4-5H2,1-3H3. The second-order valence-corrected chi connectivity index (χ2v) is 3.91. The van der Waals surface area contributed by atoms with Crippen molar-refractivity contribution in [2.75, 3.05) is 13.2 Å². The zero-order chi connectivity index (χ0) is 11.1. The molecule has 0 radical (unpaired) electrons. The first-order valence-electron chi connectivity index (χ1n) is 5.34. The lowest BCUT2D eigenvalue weighted by atomic mass is 10.0. The predicted molar refractivity (Wildman–Crippen MR) is 50.1 cm³/mol. The van der Waals surface area contributed by atoms with Gasteiger partial charge in [-0.2, -0.15) is 0 Å². The van der Waals surface area contributed by atoms with E-state index in [4.69, 9.17) is 18.9 Å². The number of rotatable bonds is 6. The van der Waals surface area contributed by atoms with Crippen molar-refractivity contribution in [1.82, 2.24) is 0 Å². The van der Waals surface area contributed by atoms with Crippen LogP contribution in [0.15, 0.2) is 0 Å². The van der Waals surface area contributed by atoms with Crippen LogP contribution in [0.25, 0.3) is 0 Å². The summed E-state index contributed by atoms with van der Waals surface area (Å²) < 4.78 is 34.8. The molecule has 0 bridgehead atoms. The molecule has 2 aliphatic heterocycles. The second-order valence-electron chi connectivity index (χ2n) is 3.91. The quantitative estimate of drug-likeness (QED) is 0.632. The minimum Gasteiger partial charge on any atom is -0.350 e. The van der Waals surface area contributed by atoms with Crippen molar-refractivity contribution in [3.63, 3.8) is 0 Å². The molecule has 0 aromatic rings. The van der Waals surface area contributed by atoms with Crippen LogP contribution in [0, 0.1) is 0 Å². The number of hydrogen-bond acceptors (Lipinski definition) is 4. The summed E-state index contributed by atoms with van der Waals surface area (Å²) in [7, 11) is 0. The molecule has 88 valence electrons. The summed E-state index contributed by atoms with van der Waals surface area (Å²) in [6, 6.07) is 0. The molecule has 0 N–H and O–H groups in total. The Bertz CT molecular complexity index is 211. The van der Waals surface area contributed by atoms with Gasteiger partial charge in [-0.05, 0) is 20.8 Å². The van der Waals surface area contributed by atoms with Crippen LogP contribution in [0.1, 0.15) is 20.8 Å². The van der Waals surface area contributed by atoms with Gasteiger partial charge >= 0.3 is 0 Å². The average Bonchev–Trinajstić information content (AvgIpc) is 2.98. The summed E-state index contributed by atoms with van der Waals surface area (Å²) >= 11 is 0. The van der Waals surface area contributed by atoms with E-state index in [9.17, 15) is 4.39 Å². The van der Waals surface area contributed by atoms with Gasteiger partial charge in [0.15, 0.2) is 18.2 Å². The van der Waals surface area contributed by atoms with Gasteiger partial charge < -0.3 is 18.9 Å². The fourth-order valence-electron chi connectivity index (χ4n) is 1.74. The van der Waals surface area contributed by atoms with Crippen molar-refractivity contribution in [1.29, 1.82) is 0 Å². The Labute approximate surface area is 88.6 Å². The minimum atomic E-state index is -1.53. The van der Waals surface area contributed by atoms with Crippen LogP contribution in [0.4, 0.5) is 4.39 Å². The Hall–Kier alpha value is -0.230. The zero-order valence-electron chi connectivity index (χ0n) is 9.23. The molecule has 0 aromatic heterocycles. The Morgan fingerprint density at radius 2 is 1.47 bits per heavy atom. The lowest BCUT2D eigenvalue weighted by molar-refractivity contribution is 0.0590. The average molecular weight is 220 g/mol. The first kappa shape index (κ1) is 11.3. The molecule has 2 rings (SSSR count). The number of ether oxygens (including phenoxy) is 4. The number of halogens is 1. The van der Waals surface area contributed by atoms with Crippen molar-refractivity contribution in [3.05, 3.63) is 0 Å². The number of alkyl halides is 1. The number of epoxide rings is 2. The number of hydrogen-bond donors (Lipinski definition) is 0. The highest BCUT2D eigenvalue weighted by Gasteiger charge is 2.65. The third-order valence-electron chi connectivity index (χ3n) is 2.68. The van der Waals surface area contributed by atoms with Gasteiger partial charge in [-0.1, -0.05) is 0 Å². The van der Waals surface area contributed by atoms with E-state index in [1.165, 1.54) is 6.92 Å². The summed E-state index contributed by atoms with van der Waals surface area (Å²) in [5.74, 6) is 0. The summed E-state index contributed by atoms with van der Waals surface area (Å²) in [5, 5.41) is 0. The molecule has 2 saturated heterocycles. The molecule has 0 spiro atoms. The van der Waals surface area contributed by atoms with E-state index in [1.807, 2.05) is 13.8 Å². The molecule has 2 aliphatic rings. The van der Waals surface area contributed by atoms with E-state index in [0.717, 1.165) is 0 Å². The van der Waals surface area contributed by atoms with E-state index >= 15 is 0 Å². The van der Waals surface area contributed by atoms with Crippen molar-refractivity contribution < 1.29 is 23.3 Å². The molecule has 4 unspecified atom stereocenters. The SMILES string of the molecule is CCOC1OC1C(C)(F)C1OC1OCC. The highest BCUT2D eigenvalue weighted by Crippen LogP contribution is 2.46. The summed E-state index contributed by atoms with van der Waals surface area (Å²) in [4.78, 5) is 0. The lowest BCUT2D eigenvalue weighted by Crippen LogP contribution is -2.36. The van der Waals surface area contributed by atoms with E-state index in [0.29, 0.717) is 13.2 Å². The Morgan fingerprint density at radius 1 is 1.07 bits per heavy atom. The summed E-state index contributed by atoms with van der Waals surface area (Å²) in [6.07, 6.45) is -1.88. The van der Waals surface area contributed by atoms with E-state index in [-0.39, 0.29) is 0 Å². The summed E-state index contributed by atoms with van der Waals surface area (Å²) in [6.45, 7) is 6.23. The molecule has 0 aliphatic carbocycles. The summed E-state index contributed by atoms with van der Waals surface area (Å²) in [5.41, 5.74) is -1.53. The highest BCUT2D eigenvalue weighted by molar-refractivity contribution is 5.06. The molecule has 0 aromatic carbocycles. The van der Waals surface area contributed by atoms with Crippen LogP contribution < -0.4 is 0 Å². The van der Waals surface area contributed by atoms with Crippen LogP contribution in [0.2, 0.25) is 0 Å². The van der Waals surface area contributed by atoms with Gasteiger partial charge in [0, 0.05) is 13.2 Å². The van der Waals surface area contributed by atoms with E-state index in [1.54, 1.807) is 0 Å². The van der Waals surface area contributed by atoms with Crippen molar-refractivity contribution >= 4 is 0 Å². The van der Waals surface area contributed by atoms with Gasteiger partial charge in [0.05, 0.1) is 0 Å². The fraction of sp³-hybridized carbons (Fsp3) is 1.00. The van der Waals surface area contributed by atoms with Gasteiger partial charge in [0.25, 0.3) is 0 Å². The third kappa shape index (κ3) is 2.15. The largest absolute Gasteiger partial charge is 0.350 e. The fourth-order valence-corrected chi connectivity index (χ4v) is 1.74. The third-order valence-corrected chi connectivity index (χ3v) is 2.68. The maximum absolute atomic E-state index is 14.2. The van der Waals surface area contributed by atoms with Gasteiger partial charge in [-0.25, -0.2) is 4.39 Å².